The molecule has 1 aromatic rings. The molecule has 1 unspecified atom stereocenters. The molecular weight excluding hydrogens is 223 g/mol. The van der Waals surface area contributed by atoms with Gasteiger partial charge in [-0.2, -0.15) is 11.8 Å². The Labute approximate surface area is 99.8 Å². The van der Waals surface area contributed by atoms with Crippen LogP contribution < -0.4 is 11.1 Å². The van der Waals surface area contributed by atoms with E-state index in [1.807, 2.05) is 11.8 Å². The van der Waals surface area contributed by atoms with E-state index < -0.39 is 0 Å². The second kappa shape index (κ2) is 4.53. The van der Waals surface area contributed by atoms with Crippen LogP contribution in [0.2, 0.25) is 0 Å². The first-order valence-electron chi connectivity index (χ1n) is 5.52. The van der Waals surface area contributed by atoms with Gasteiger partial charge in [-0.3, -0.25) is 0 Å². The Morgan fingerprint density at radius 2 is 2.38 bits per heavy atom. The van der Waals surface area contributed by atoms with Crippen molar-refractivity contribution in [3.05, 3.63) is 24.0 Å². The summed E-state index contributed by atoms with van der Waals surface area (Å²) < 4.78 is 13.7. The fourth-order valence-corrected chi connectivity index (χ4v) is 3.18. The molecule has 3 N–H and O–H groups in total. The Kier molecular flexibility index (Phi) is 3.28. The van der Waals surface area contributed by atoms with E-state index in [1.165, 1.54) is 24.7 Å². The zero-order chi connectivity index (χ0) is 11.6. The van der Waals surface area contributed by atoms with Gasteiger partial charge >= 0.3 is 0 Å². The van der Waals surface area contributed by atoms with E-state index in [-0.39, 0.29) is 10.6 Å². The van der Waals surface area contributed by atoms with Crippen molar-refractivity contribution >= 4 is 23.1 Å². The van der Waals surface area contributed by atoms with Crippen molar-refractivity contribution in [3.8, 4) is 0 Å². The first-order valence-corrected chi connectivity index (χ1v) is 6.50. The van der Waals surface area contributed by atoms with Crippen molar-refractivity contribution < 1.29 is 4.39 Å². The Hall–Kier alpha value is -0.900. The highest BCUT2D eigenvalue weighted by molar-refractivity contribution is 8.00. The van der Waals surface area contributed by atoms with Gasteiger partial charge in [0, 0.05) is 17.0 Å². The van der Waals surface area contributed by atoms with Crippen molar-refractivity contribution in [2.75, 3.05) is 23.3 Å². The summed E-state index contributed by atoms with van der Waals surface area (Å²) in [6.45, 7) is 3.03. The lowest BCUT2D eigenvalue weighted by Crippen LogP contribution is -2.27. The highest BCUT2D eigenvalue weighted by Crippen LogP contribution is 2.37. The molecule has 1 saturated heterocycles. The highest BCUT2D eigenvalue weighted by Gasteiger charge is 2.29. The third kappa shape index (κ3) is 2.61. The SMILES string of the molecule is CC1(CNc2ccc(N)cc2F)CCCS1. The molecule has 16 heavy (non-hydrogen) atoms. The van der Waals surface area contributed by atoms with Crippen LogP contribution in [0.4, 0.5) is 15.8 Å². The summed E-state index contributed by atoms with van der Waals surface area (Å²) in [6.07, 6.45) is 2.45. The minimum atomic E-state index is -0.272. The summed E-state index contributed by atoms with van der Waals surface area (Å²) in [5, 5.41) is 3.17. The molecule has 1 aromatic carbocycles. The number of thioether (sulfide) groups is 1. The zero-order valence-corrected chi connectivity index (χ0v) is 10.2. The lowest BCUT2D eigenvalue weighted by molar-refractivity contribution is 0.615. The molecule has 1 fully saturated rings. The molecule has 1 atom stereocenters. The van der Waals surface area contributed by atoms with Crippen LogP contribution >= 0.6 is 11.8 Å². The monoisotopic (exact) mass is 240 g/mol. The zero-order valence-electron chi connectivity index (χ0n) is 9.42. The number of hydrogen-bond donors (Lipinski definition) is 2. The molecule has 0 radical (unpaired) electrons. The topological polar surface area (TPSA) is 38.0 Å². The van der Waals surface area contributed by atoms with Gasteiger partial charge in [0.25, 0.3) is 0 Å². The molecule has 0 spiro atoms. The maximum absolute atomic E-state index is 13.5. The van der Waals surface area contributed by atoms with Crippen LogP contribution in [0.15, 0.2) is 18.2 Å². The van der Waals surface area contributed by atoms with E-state index in [9.17, 15) is 4.39 Å². The van der Waals surface area contributed by atoms with E-state index in [4.69, 9.17) is 5.73 Å². The molecule has 0 amide bonds. The molecule has 1 aliphatic rings. The molecule has 0 saturated carbocycles. The number of anilines is 2. The van der Waals surface area contributed by atoms with Crippen LogP contribution in [0.25, 0.3) is 0 Å². The molecule has 88 valence electrons. The molecule has 2 nitrogen and oxygen atoms in total. The van der Waals surface area contributed by atoms with E-state index in [0.717, 1.165) is 6.54 Å². The minimum Gasteiger partial charge on any atom is -0.399 e. The minimum absolute atomic E-state index is 0.244. The summed E-state index contributed by atoms with van der Waals surface area (Å²) in [4.78, 5) is 0. The second-order valence-corrected chi connectivity index (χ2v) is 6.18. The van der Waals surface area contributed by atoms with Gasteiger partial charge < -0.3 is 11.1 Å². The van der Waals surface area contributed by atoms with Crippen molar-refractivity contribution in [1.82, 2.24) is 0 Å². The van der Waals surface area contributed by atoms with Gasteiger partial charge in [-0.25, -0.2) is 4.39 Å². The molecule has 4 heteroatoms. The quantitative estimate of drug-likeness (QED) is 0.797. The molecule has 0 aliphatic carbocycles. The summed E-state index contributed by atoms with van der Waals surface area (Å²) in [5.41, 5.74) is 6.51. The predicted octanol–water partition coefficient (Wildman–Crippen LogP) is 3.11. The predicted molar refractivity (Wildman–Crippen MR) is 69.4 cm³/mol. The maximum atomic E-state index is 13.5. The van der Waals surface area contributed by atoms with Gasteiger partial charge in [0.05, 0.1) is 5.69 Å². The highest BCUT2D eigenvalue weighted by atomic mass is 32.2. The van der Waals surface area contributed by atoms with Crippen LogP contribution in [0.1, 0.15) is 19.8 Å². The average molecular weight is 240 g/mol. The molecule has 1 heterocycles. The Balaban J connectivity index is 1.99. The third-order valence-corrected chi connectivity index (χ3v) is 4.48. The van der Waals surface area contributed by atoms with Gasteiger partial charge in [0.1, 0.15) is 5.82 Å². The number of rotatable bonds is 3. The van der Waals surface area contributed by atoms with Crippen LogP contribution in [-0.4, -0.2) is 17.0 Å². The lowest BCUT2D eigenvalue weighted by atomic mass is 10.1. The average Bonchev–Trinajstić information content (AvgIpc) is 2.64. The summed E-state index contributed by atoms with van der Waals surface area (Å²) >= 11 is 1.96. The first-order chi connectivity index (χ1) is 7.59. The number of halogens is 1. The number of nitrogens with one attached hydrogen (secondary N) is 1. The summed E-state index contributed by atoms with van der Waals surface area (Å²) in [6, 6.07) is 4.77. The van der Waals surface area contributed by atoms with Crippen LogP contribution in [0.5, 0.6) is 0 Å². The Bertz CT molecular complexity index is 375. The Morgan fingerprint density at radius 1 is 1.56 bits per heavy atom. The van der Waals surface area contributed by atoms with Gasteiger partial charge in [-0.15, -0.1) is 0 Å². The molecular formula is C12H17FN2S. The fraction of sp³-hybridized carbons (Fsp3) is 0.500. The van der Waals surface area contributed by atoms with Crippen LogP contribution in [0, 0.1) is 5.82 Å². The van der Waals surface area contributed by atoms with Crippen LogP contribution in [0.3, 0.4) is 0 Å². The lowest BCUT2D eigenvalue weighted by Gasteiger charge is -2.23. The molecule has 0 aromatic heterocycles. The number of nitrogen functional groups attached to an aromatic ring is 1. The standard InChI is InChI=1S/C12H17FN2S/c1-12(5-2-6-16-12)8-15-11-4-3-9(14)7-10(11)13/h3-4,7,15H,2,5-6,8,14H2,1H3. The van der Waals surface area contributed by atoms with Crippen LogP contribution in [-0.2, 0) is 0 Å². The maximum Gasteiger partial charge on any atom is 0.148 e. The van der Waals surface area contributed by atoms with Gasteiger partial charge in [0.2, 0.25) is 0 Å². The Morgan fingerprint density at radius 3 is 3.00 bits per heavy atom. The molecule has 0 bridgehead atoms. The van der Waals surface area contributed by atoms with E-state index in [2.05, 4.69) is 12.2 Å². The van der Waals surface area contributed by atoms with E-state index >= 15 is 0 Å². The van der Waals surface area contributed by atoms with Crippen molar-refractivity contribution in [2.24, 2.45) is 0 Å². The smallest absolute Gasteiger partial charge is 0.148 e. The number of hydrogen-bond acceptors (Lipinski definition) is 3. The van der Waals surface area contributed by atoms with E-state index in [1.54, 1.807) is 12.1 Å². The largest absolute Gasteiger partial charge is 0.399 e. The normalized spacial score (nSPS) is 24.6. The van der Waals surface area contributed by atoms with Gasteiger partial charge in [-0.1, -0.05) is 0 Å². The third-order valence-electron chi connectivity index (χ3n) is 2.95. The van der Waals surface area contributed by atoms with Gasteiger partial charge in [-0.05, 0) is 43.7 Å². The fourth-order valence-electron chi connectivity index (χ4n) is 1.93. The van der Waals surface area contributed by atoms with Crippen molar-refractivity contribution in [1.29, 1.82) is 0 Å². The van der Waals surface area contributed by atoms with Crippen molar-refractivity contribution in [3.63, 3.8) is 0 Å². The summed E-state index contributed by atoms with van der Waals surface area (Å²) in [5.74, 6) is 0.939. The summed E-state index contributed by atoms with van der Waals surface area (Å²) in [7, 11) is 0. The van der Waals surface area contributed by atoms with Gasteiger partial charge in [0.15, 0.2) is 0 Å². The van der Waals surface area contributed by atoms with Crippen molar-refractivity contribution in [2.45, 2.75) is 24.5 Å². The second-order valence-electron chi connectivity index (χ2n) is 4.49. The number of benzene rings is 1. The molecule has 2 rings (SSSR count). The number of nitrogens with two attached hydrogens (primary N) is 1. The molecule has 1 aliphatic heterocycles. The first kappa shape index (κ1) is 11.6. The van der Waals surface area contributed by atoms with E-state index in [0.29, 0.717) is 11.4 Å².